The standard InChI is InChI=1S/C33H30N4O3/c1-32(2)17-27-29(28(38)18-32)33(25(19-34)30(35)37(27)22-12-9-13-23(16-22)40-3)24-14-7-8-15-26(24)36(31(33)39)20-21-10-5-4-6-11-21/h4-16H,17-18,20,35H2,1-3H3. The number of methoxy groups -OCH3 is 1. The fourth-order valence-electron chi connectivity index (χ4n) is 6.52. The van der Waals surface area contributed by atoms with Gasteiger partial charge in [-0.05, 0) is 35.6 Å². The summed E-state index contributed by atoms with van der Waals surface area (Å²) in [4.78, 5) is 32.5. The highest BCUT2D eigenvalue weighted by molar-refractivity contribution is 6.20. The van der Waals surface area contributed by atoms with E-state index in [-0.39, 0.29) is 34.9 Å². The number of nitriles is 1. The largest absolute Gasteiger partial charge is 0.497 e. The van der Waals surface area contributed by atoms with Crippen LogP contribution >= 0.6 is 0 Å². The zero-order valence-corrected chi connectivity index (χ0v) is 22.8. The van der Waals surface area contributed by atoms with Gasteiger partial charge in [0.2, 0.25) is 5.91 Å². The van der Waals surface area contributed by atoms with Gasteiger partial charge in [0.15, 0.2) is 5.78 Å². The van der Waals surface area contributed by atoms with Crippen LogP contribution < -0.4 is 20.3 Å². The Morgan fingerprint density at radius 1 is 0.975 bits per heavy atom. The van der Waals surface area contributed by atoms with Crippen LogP contribution in [-0.2, 0) is 21.5 Å². The van der Waals surface area contributed by atoms with Crippen LogP contribution in [0.4, 0.5) is 11.4 Å². The molecule has 7 nitrogen and oxygen atoms in total. The van der Waals surface area contributed by atoms with Crippen LogP contribution in [-0.4, -0.2) is 18.8 Å². The van der Waals surface area contributed by atoms with Crippen molar-refractivity contribution in [1.29, 1.82) is 5.26 Å². The highest BCUT2D eigenvalue weighted by Crippen LogP contribution is 2.58. The van der Waals surface area contributed by atoms with E-state index in [9.17, 15) is 14.9 Å². The van der Waals surface area contributed by atoms with Gasteiger partial charge in [0.05, 0.1) is 24.9 Å². The predicted octanol–water partition coefficient (Wildman–Crippen LogP) is 5.34. The summed E-state index contributed by atoms with van der Waals surface area (Å²) in [6.07, 6.45) is 0.757. The van der Waals surface area contributed by atoms with Crippen LogP contribution in [0.15, 0.2) is 102 Å². The lowest BCUT2D eigenvalue weighted by atomic mass is 9.60. The van der Waals surface area contributed by atoms with Crippen molar-refractivity contribution in [1.82, 2.24) is 0 Å². The highest BCUT2D eigenvalue weighted by atomic mass is 16.5. The molecule has 0 saturated carbocycles. The minimum absolute atomic E-state index is 0.0649. The molecule has 3 aromatic carbocycles. The van der Waals surface area contributed by atoms with E-state index >= 15 is 0 Å². The second-order valence-electron chi connectivity index (χ2n) is 11.3. The van der Waals surface area contributed by atoms with Gasteiger partial charge in [-0.15, -0.1) is 0 Å². The Bertz CT molecular complexity index is 1660. The van der Waals surface area contributed by atoms with Crippen molar-refractivity contribution in [2.45, 2.75) is 38.6 Å². The molecule has 2 N–H and O–H groups in total. The molecule has 40 heavy (non-hydrogen) atoms. The number of para-hydroxylation sites is 1. The number of amides is 1. The van der Waals surface area contributed by atoms with Gasteiger partial charge >= 0.3 is 0 Å². The van der Waals surface area contributed by atoms with Gasteiger partial charge in [-0.1, -0.05) is 68.4 Å². The van der Waals surface area contributed by atoms with Gasteiger partial charge in [-0.3, -0.25) is 14.5 Å². The van der Waals surface area contributed by atoms with Gasteiger partial charge in [0, 0.05) is 35.0 Å². The molecule has 3 aromatic rings. The number of nitrogens with zero attached hydrogens (tertiary/aromatic N) is 3. The van der Waals surface area contributed by atoms with Crippen molar-refractivity contribution in [3.8, 4) is 11.8 Å². The van der Waals surface area contributed by atoms with Crippen molar-refractivity contribution >= 4 is 23.1 Å². The van der Waals surface area contributed by atoms with Crippen LogP contribution in [0.3, 0.4) is 0 Å². The average Bonchev–Trinajstić information content (AvgIpc) is 3.17. The maximum Gasteiger partial charge on any atom is 0.248 e. The third-order valence-electron chi connectivity index (χ3n) is 8.14. The number of carbonyl (C=O) groups excluding carboxylic acids is 2. The van der Waals surface area contributed by atoms with Crippen LogP contribution in [0, 0.1) is 16.7 Å². The quantitative estimate of drug-likeness (QED) is 0.489. The van der Waals surface area contributed by atoms with Gasteiger partial charge in [-0.2, -0.15) is 5.26 Å². The van der Waals surface area contributed by atoms with E-state index in [0.29, 0.717) is 46.9 Å². The monoisotopic (exact) mass is 530 g/mol. The smallest absolute Gasteiger partial charge is 0.248 e. The first kappa shape index (κ1) is 25.4. The van der Waals surface area contributed by atoms with Crippen LogP contribution in [0.25, 0.3) is 0 Å². The number of nitrogens with two attached hydrogens (primary N) is 1. The number of hydrogen-bond donors (Lipinski definition) is 1. The topological polar surface area (TPSA) is 99.7 Å². The lowest BCUT2D eigenvalue weighted by molar-refractivity contribution is -0.125. The highest BCUT2D eigenvalue weighted by Gasteiger charge is 2.63. The molecule has 0 saturated heterocycles. The predicted molar refractivity (Wildman–Crippen MR) is 153 cm³/mol. The second kappa shape index (κ2) is 9.13. The van der Waals surface area contributed by atoms with E-state index in [0.717, 1.165) is 5.56 Å². The molecule has 7 heteroatoms. The fourth-order valence-corrected chi connectivity index (χ4v) is 6.52. The summed E-state index contributed by atoms with van der Waals surface area (Å²) >= 11 is 0. The molecule has 2 aliphatic heterocycles. The molecule has 1 spiro atoms. The Morgan fingerprint density at radius 2 is 1.70 bits per heavy atom. The maximum atomic E-state index is 14.8. The molecule has 6 rings (SSSR count). The number of Topliss-reactive ketones (excluding diaryl/α,β-unsaturated/α-hetero) is 1. The zero-order chi connectivity index (χ0) is 28.2. The molecule has 0 aromatic heterocycles. The summed E-state index contributed by atoms with van der Waals surface area (Å²) in [6.45, 7) is 4.38. The minimum Gasteiger partial charge on any atom is -0.497 e. The molecule has 1 atom stereocenters. The molecule has 0 radical (unpaired) electrons. The van der Waals surface area contributed by atoms with E-state index in [1.807, 2.05) is 92.7 Å². The first-order chi connectivity index (χ1) is 19.2. The van der Waals surface area contributed by atoms with Crippen molar-refractivity contribution in [3.05, 3.63) is 113 Å². The SMILES string of the molecule is COc1cccc(N2C(N)=C(C#N)C3(C(=O)N(Cc4ccccc4)c4ccccc43)C3=C2CC(C)(C)CC3=O)c1. The van der Waals surface area contributed by atoms with Crippen LogP contribution in [0.1, 0.15) is 37.8 Å². The van der Waals surface area contributed by atoms with E-state index in [4.69, 9.17) is 10.5 Å². The van der Waals surface area contributed by atoms with Crippen molar-refractivity contribution in [2.24, 2.45) is 11.1 Å². The number of carbonyl (C=O) groups is 2. The van der Waals surface area contributed by atoms with Crippen molar-refractivity contribution in [3.63, 3.8) is 0 Å². The molecule has 200 valence electrons. The molecular formula is C33H30N4O3. The first-order valence-corrected chi connectivity index (χ1v) is 13.3. The Kier molecular flexibility index (Phi) is 5.81. The van der Waals surface area contributed by atoms with E-state index in [2.05, 4.69) is 6.07 Å². The molecular weight excluding hydrogens is 500 g/mol. The summed E-state index contributed by atoms with van der Waals surface area (Å²) in [7, 11) is 1.58. The molecule has 2 heterocycles. The molecule has 1 unspecified atom stereocenters. The van der Waals surface area contributed by atoms with Gasteiger partial charge < -0.3 is 15.4 Å². The van der Waals surface area contributed by atoms with E-state index < -0.39 is 5.41 Å². The molecule has 1 aliphatic carbocycles. The Balaban J connectivity index is 1.66. The van der Waals surface area contributed by atoms with Gasteiger partial charge in [0.25, 0.3) is 0 Å². The van der Waals surface area contributed by atoms with Crippen LogP contribution in [0.5, 0.6) is 5.75 Å². The normalized spacial score (nSPS) is 21.4. The molecule has 1 amide bonds. The third kappa shape index (κ3) is 3.56. The van der Waals surface area contributed by atoms with Gasteiger partial charge in [-0.25, -0.2) is 0 Å². The zero-order valence-electron chi connectivity index (χ0n) is 22.8. The number of ether oxygens (including phenoxy) is 1. The van der Waals surface area contributed by atoms with Gasteiger partial charge in [0.1, 0.15) is 23.1 Å². The van der Waals surface area contributed by atoms with E-state index in [1.54, 1.807) is 16.9 Å². The fraction of sp³-hybridized carbons (Fsp3) is 0.242. The number of rotatable bonds is 4. The van der Waals surface area contributed by atoms with Crippen molar-refractivity contribution in [2.75, 3.05) is 16.9 Å². The van der Waals surface area contributed by atoms with E-state index in [1.165, 1.54) is 0 Å². The summed E-state index contributed by atoms with van der Waals surface area (Å²) in [6, 6.07) is 26.8. The lowest BCUT2D eigenvalue weighted by Crippen LogP contribution is -2.53. The second-order valence-corrected chi connectivity index (χ2v) is 11.3. The maximum absolute atomic E-state index is 14.8. The minimum atomic E-state index is -1.62. The number of allylic oxidation sites excluding steroid dienone is 1. The van der Waals surface area contributed by atoms with Crippen molar-refractivity contribution < 1.29 is 14.3 Å². The first-order valence-electron chi connectivity index (χ1n) is 13.3. The summed E-state index contributed by atoms with van der Waals surface area (Å²) in [5.74, 6) is 0.278. The Morgan fingerprint density at radius 3 is 2.42 bits per heavy atom. The summed E-state index contributed by atoms with van der Waals surface area (Å²) in [5.41, 5.74) is 8.85. The number of anilines is 2. The Labute approximate surface area is 233 Å². The summed E-state index contributed by atoms with van der Waals surface area (Å²) < 4.78 is 5.47. The molecule has 0 fully saturated rings. The molecule has 3 aliphatic rings. The molecule has 0 bridgehead atoms. The Hall–Kier alpha value is -4.83. The van der Waals surface area contributed by atoms with Crippen LogP contribution in [0.2, 0.25) is 0 Å². The average molecular weight is 531 g/mol. The third-order valence-corrected chi connectivity index (χ3v) is 8.14. The number of fused-ring (bicyclic) bond motifs is 3. The lowest BCUT2D eigenvalue weighted by Gasteiger charge is -2.47. The number of ketones is 1. The number of benzene rings is 3. The summed E-state index contributed by atoms with van der Waals surface area (Å²) in [5, 5.41) is 10.7. The number of hydrogen-bond acceptors (Lipinski definition) is 6.